The number of hydrogen-bond donors (Lipinski definition) is 1. The normalized spacial score (nSPS) is 12.8. The predicted molar refractivity (Wildman–Crippen MR) is 82.1 cm³/mol. The lowest BCUT2D eigenvalue weighted by molar-refractivity contribution is -0.355. The molecule has 0 aliphatic heterocycles. The smallest absolute Gasteiger partial charge is 0.282 e. The number of methoxy groups -OCH3 is 3. The molecular formula is C16H31NO3. The molecule has 0 fully saturated rings. The van der Waals surface area contributed by atoms with Crippen molar-refractivity contribution >= 4 is 0 Å². The highest BCUT2D eigenvalue weighted by Crippen LogP contribution is 2.21. The van der Waals surface area contributed by atoms with Crippen LogP contribution in [0.15, 0.2) is 0 Å². The topological polar surface area (TPSA) is 53.7 Å². The molecule has 0 heterocycles. The molecule has 0 aromatic carbocycles. The van der Waals surface area contributed by atoms with Crippen LogP contribution < -0.4 is 5.73 Å². The molecule has 0 aromatic rings. The summed E-state index contributed by atoms with van der Waals surface area (Å²) in [7, 11) is 4.81. The van der Waals surface area contributed by atoms with Gasteiger partial charge in [0.2, 0.25) is 0 Å². The van der Waals surface area contributed by atoms with E-state index in [-0.39, 0.29) is 6.04 Å². The lowest BCUT2D eigenvalue weighted by Crippen LogP contribution is -2.35. The molecule has 0 aliphatic rings. The molecule has 0 spiro atoms. The van der Waals surface area contributed by atoms with E-state index in [1.807, 2.05) is 6.92 Å². The first kappa shape index (κ1) is 19.4. The van der Waals surface area contributed by atoms with Crippen molar-refractivity contribution in [2.75, 3.05) is 21.3 Å². The van der Waals surface area contributed by atoms with Crippen molar-refractivity contribution < 1.29 is 14.2 Å². The van der Waals surface area contributed by atoms with E-state index in [0.29, 0.717) is 0 Å². The molecule has 1 atom stereocenters. The molecule has 0 aliphatic carbocycles. The first-order chi connectivity index (χ1) is 9.64. The molecule has 4 heteroatoms. The average molecular weight is 285 g/mol. The highest BCUT2D eigenvalue weighted by Gasteiger charge is 2.28. The molecule has 1 unspecified atom stereocenters. The summed E-state index contributed by atoms with van der Waals surface area (Å²) < 4.78 is 15.8. The minimum Gasteiger partial charge on any atom is -0.331 e. The third-order valence-corrected chi connectivity index (χ3v) is 3.56. The highest BCUT2D eigenvalue weighted by atomic mass is 16.9. The molecule has 0 aromatic heterocycles. The van der Waals surface area contributed by atoms with Crippen LogP contribution in [0.2, 0.25) is 0 Å². The predicted octanol–water partition coefficient (Wildman–Crippen LogP) is 3.05. The van der Waals surface area contributed by atoms with Gasteiger partial charge < -0.3 is 19.9 Å². The van der Waals surface area contributed by atoms with Crippen LogP contribution in [0.4, 0.5) is 0 Å². The van der Waals surface area contributed by atoms with Gasteiger partial charge in [0.1, 0.15) is 0 Å². The van der Waals surface area contributed by atoms with Crippen LogP contribution in [-0.2, 0) is 14.2 Å². The maximum absolute atomic E-state index is 6.04. The molecule has 20 heavy (non-hydrogen) atoms. The first-order valence-corrected chi connectivity index (χ1v) is 7.44. The summed E-state index contributed by atoms with van der Waals surface area (Å²) in [5.41, 5.74) is 6.04. The van der Waals surface area contributed by atoms with Crippen molar-refractivity contribution in [3.63, 3.8) is 0 Å². The summed E-state index contributed by atoms with van der Waals surface area (Å²) >= 11 is 0. The second-order valence-electron chi connectivity index (χ2n) is 4.97. The van der Waals surface area contributed by atoms with Gasteiger partial charge in [-0.05, 0) is 26.2 Å². The van der Waals surface area contributed by atoms with E-state index in [9.17, 15) is 0 Å². The zero-order valence-corrected chi connectivity index (χ0v) is 13.5. The fraction of sp³-hybridized carbons (Fsp3) is 0.875. The molecule has 0 rings (SSSR count). The van der Waals surface area contributed by atoms with Crippen LogP contribution in [0.3, 0.4) is 0 Å². The van der Waals surface area contributed by atoms with E-state index >= 15 is 0 Å². The number of unbranched alkanes of at least 4 members (excludes halogenated alkanes) is 3. The van der Waals surface area contributed by atoms with Crippen molar-refractivity contribution in [1.29, 1.82) is 0 Å². The molecule has 0 saturated heterocycles. The fourth-order valence-corrected chi connectivity index (χ4v) is 2.18. The summed E-state index contributed by atoms with van der Waals surface area (Å²) in [6, 6.07) is 0.284. The lowest BCUT2D eigenvalue weighted by Gasteiger charge is -2.28. The van der Waals surface area contributed by atoms with Gasteiger partial charge in [-0.15, -0.1) is 11.8 Å². The van der Waals surface area contributed by atoms with E-state index < -0.39 is 5.97 Å². The van der Waals surface area contributed by atoms with Gasteiger partial charge in [0.15, 0.2) is 0 Å². The van der Waals surface area contributed by atoms with Crippen molar-refractivity contribution in [1.82, 2.24) is 0 Å². The average Bonchev–Trinajstić information content (AvgIpc) is 2.47. The van der Waals surface area contributed by atoms with Crippen LogP contribution in [-0.4, -0.2) is 33.3 Å². The fourth-order valence-electron chi connectivity index (χ4n) is 2.18. The summed E-state index contributed by atoms with van der Waals surface area (Å²) in [6.07, 6.45) is 8.24. The zero-order valence-electron chi connectivity index (χ0n) is 13.5. The second-order valence-corrected chi connectivity index (χ2v) is 4.97. The van der Waals surface area contributed by atoms with Crippen LogP contribution in [0.25, 0.3) is 0 Å². The molecular weight excluding hydrogens is 254 g/mol. The first-order valence-electron chi connectivity index (χ1n) is 7.44. The summed E-state index contributed by atoms with van der Waals surface area (Å²) in [6.45, 7) is 1.87. The van der Waals surface area contributed by atoms with Gasteiger partial charge in [-0.2, -0.15) is 0 Å². The van der Waals surface area contributed by atoms with Crippen molar-refractivity contribution in [3.05, 3.63) is 0 Å². The van der Waals surface area contributed by atoms with Crippen LogP contribution in [0.1, 0.15) is 58.3 Å². The molecule has 0 radical (unpaired) electrons. The van der Waals surface area contributed by atoms with Gasteiger partial charge in [-0.3, -0.25) is 0 Å². The van der Waals surface area contributed by atoms with Gasteiger partial charge >= 0.3 is 0 Å². The summed E-state index contributed by atoms with van der Waals surface area (Å²) in [5, 5.41) is 0. The SMILES string of the molecule is CC#CCCC(N)CCCCCCC(OC)(OC)OC. The number of hydrogen-bond acceptors (Lipinski definition) is 4. The highest BCUT2D eigenvalue weighted by molar-refractivity contribution is 4.95. The third-order valence-electron chi connectivity index (χ3n) is 3.56. The van der Waals surface area contributed by atoms with Crippen molar-refractivity contribution in [3.8, 4) is 11.8 Å². The van der Waals surface area contributed by atoms with E-state index in [1.165, 1.54) is 12.8 Å². The Kier molecular flexibility index (Phi) is 11.8. The van der Waals surface area contributed by atoms with E-state index in [0.717, 1.165) is 38.5 Å². The minimum absolute atomic E-state index is 0.284. The van der Waals surface area contributed by atoms with Gasteiger partial charge in [-0.25, -0.2) is 0 Å². The van der Waals surface area contributed by atoms with E-state index in [2.05, 4.69) is 11.8 Å². The Labute approximate surface area is 124 Å². The minimum atomic E-state index is -0.880. The van der Waals surface area contributed by atoms with Crippen LogP contribution in [0, 0.1) is 11.8 Å². The Balaban J connectivity index is 3.58. The lowest BCUT2D eigenvalue weighted by atomic mass is 10.0. The third kappa shape index (κ3) is 8.55. The van der Waals surface area contributed by atoms with Crippen LogP contribution >= 0.6 is 0 Å². The number of ether oxygens (including phenoxy) is 3. The van der Waals surface area contributed by atoms with E-state index in [1.54, 1.807) is 21.3 Å². The number of rotatable bonds is 12. The zero-order chi connectivity index (χ0) is 15.3. The van der Waals surface area contributed by atoms with Gasteiger partial charge in [-0.1, -0.05) is 19.3 Å². The molecule has 4 nitrogen and oxygen atoms in total. The molecule has 0 bridgehead atoms. The molecule has 2 N–H and O–H groups in total. The molecule has 118 valence electrons. The van der Waals surface area contributed by atoms with Gasteiger partial charge in [0, 0.05) is 40.2 Å². The standard InChI is InChI=1S/C16H31NO3/c1-5-6-9-12-15(17)13-10-7-8-11-14-16(18-2,19-3)20-4/h15H,7-14,17H2,1-4H3. The largest absolute Gasteiger partial charge is 0.331 e. The maximum Gasteiger partial charge on any atom is 0.282 e. The Bertz CT molecular complexity index is 271. The van der Waals surface area contributed by atoms with Crippen molar-refractivity contribution in [2.45, 2.75) is 70.3 Å². The monoisotopic (exact) mass is 285 g/mol. The van der Waals surface area contributed by atoms with Crippen LogP contribution in [0.5, 0.6) is 0 Å². The Hall–Kier alpha value is -0.600. The van der Waals surface area contributed by atoms with Gasteiger partial charge in [0.05, 0.1) is 0 Å². The summed E-state index contributed by atoms with van der Waals surface area (Å²) in [5.74, 6) is 5.07. The molecule has 0 amide bonds. The van der Waals surface area contributed by atoms with Gasteiger partial charge in [0.25, 0.3) is 5.97 Å². The maximum atomic E-state index is 6.04. The molecule has 0 saturated carbocycles. The summed E-state index contributed by atoms with van der Waals surface area (Å²) in [4.78, 5) is 0. The van der Waals surface area contributed by atoms with Crippen molar-refractivity contribution in [2.24, 2.45) is 5.73 Å². The number of nitrogens with two attached hydrogens (primary N) is 1. The van der Waals surface area contributed by atoms with E-state index in [4.69, 9.17) is 19.9 Å². The Morgan fingerprint density at radius 2 is 1.55 bits per heavy atom. The Morgan fingerprint density at radius 3 is 2.10 bits per heavy atom. The second kappa shape index (κ2) is 12.2. The Morgan fingerprint density at radius 1 is 0.950 bits per heavy atom. The quantitative estimate of drug-likeness (QED) is 0.340.